The molecule has 0 radical (unpaired) electrons. The van der Waals surface area contributed by atoms with E-state index in [0.29, 0.717) is 18.9 Å². The fourth-order valence-corrected chi connectivity index (χ4v) is 3.66. The third kappa shape index (κ3) is 7.29. The summed E-state index contributed by atoms with van der Waals surface area (Å²) in [5.74, 6) is 2.22. The average molecular weight is 439 g/mol. The van der Waals surface area contributed by atoms with E-state index < -0.39 is 0 Å². The van der Waals surface area contributed by atoms with Crippen LogP contribution in [0.25, 0.3) is 0 Å². The molecule has 2 aromatic carbocycles. The Balaban J connectivity index is 1.57. The summed E-state index contributed by atoms with van der Waals surface area (Å²) in [7, 11) is 1.66. The first-order chi connectivity index (χ1) is 15.2. The molecule has 0 saturated heterocycles. The fraction of sp³-hybridized carbons (Fsp3) is 0.333. The molecule has 0 unspecified atom stereocenters. The highest BCUT2D eigenvalue weighted by Crippen LogP contribution is 2.29. The van der Waals surface area contributed by atoms with Crippen LogP contribution in [0.2, 0.25) is 0 Å². The van der Waals surface area contributed by atoms with Crippen molar-refractivity contribution < 1.29 is 9.47 Å². The van der Waals surface area contributed by atoms with Crippen molar-refractivity contribution in [2.75, 3.05) is 20.2 Å². The predicted molar refractivity (Wildman–Crippen MR) is 127 cm³/mol. The number of guanidine groups is 1. The van der Waals surface area contributed by atoms with Crippen molar-refractivity contribution in [3.8, 4) is 11.5 Å². The van der Waals surface area contributed by atoms with Crippen molar-refractivity contribution in [3.05, 3.63) is 75.7 Å². The Morgan fingerprint density at radius 3 is 2.61 bits per heavy atom. The third-order valence-corrected chi connectivity index (χ3v) is 5.39. The van der Waals surface area contributed by atoms with Crippen molar-refractivity contribution >= 4 is 17.3 Å². The lowest BCUT2D eigenvalue weighted by Gasteiger charge is -2.13. The summed E-state index contributed by atoms with van der Waals surface area (Å²) in [5, 5.41) is 9.87. The lowest BCUT2D eigenvalue weighted by atomic mass is 10.2. The molecule has 0 fully saturated rings. The number of nitrogens with one attached hydrogen (secondary N) is 2. The summed E-state index contributed by atoms with van der Waals surface area (Å²) in [6.07, 6.45) is 0.871. The standard InChI is InChI=1S/C24H30N4O2S/c1-4-25-24(26-13-12-21-17-31-18(2)28-21)27-15-20-10-11-22(23(14-20)29-3)30-16-19-8-6-5-7-9-19/h5-11,14,17H,4,12-13,15-16H2,1-3H3,(H2,25,26,27). The summed E-state index contributed by atoms with van der Waals surface area (Å²) in [4.78, 5) is 9.20. The van der Waals surface area contributed by atoms with Crippen LogP contribution in [0.5, 0.6) is 11.5 Å². The second-order valence-electron chi connectivity index (χ2n) is 6.99. The van der Waals surface area contributed by atoms with Crippen molar-refractivity contribution in [2.45, 2.75) is 33.4 Å². The highest BCUT2D eigenvalue weighted by molar-refractivity contribution is 7.09. The number of aliphatic imine (C=N–C) groups is 1. The molecule has 164 valence electrons. The largest absolute Gasteiger partial charge is 0.493 e. The molecule has 7 heteroatoms. The highest BCUT2D eigenvalue weighted by Gasteiger charge is 2.07. The first-order valence-electron chi connectivity index (χ1n) is 10.4. The molecule has 3 aromatic rings. The number of thiazole rings is 1. The van der Waals surface area contributed by atoms with Gasteiger partial charge in [0.15, 0.2) is 17.5 Å². The summed E-state index contributed by atoms with van der Waals surface area (Å²) in [6, 6.07) is 16.0. The van der Waals surface area contributed by atoms with Gasteiger partial charge in [-0.1, -0.05) is 36.4 Å². The minimum atomic E-state index is 0.502. The SMILES string of the molecule is CCNC(=NCc1ccc(OCc2ccccc2)c(OC)c1)NCCc1csc(C)n1. The number of hydrogen-bond acceptors (Lipinski definition) is 5. The van der Waals surface area contributed by atoms with Crippen molar-refractivity contribution in [2.24, 2.45) is 4.99 Å². The Kier molecular flexibility index (Phi) is 8.72. The molecule has 1 heterocycles. The fourth-order valence-electron chi connectivity index (χ4n) is 3.01. The van der Waals surface area contributed by atoms with Crippen LogP contribution in [-0.2, 0) is 19.6 Å². The molecule has 6 nitrogen and oxygen atoms in total. The van der Waals surface area contributed by atoms with E-state index in [-0.39, 0.29) is 0 Å². The molecule has 3 rings (SSSR count). The van der Waals surface area contributed by atoms with Gasteiger partial charge in [-0.15, -0.1) is 11.3 Å². The molecular weight excluding hydrogens is 408 g/mol. The lowest BCUT2D eigenvalue weighted by Crippen LogP contribution is -2.38. The molecule has 0 atom stereocenters. The molecule has 2 N–H and O–H groups in total. The van der Waals surface area contributed by atoms with Gasteiger partial charge >= 0.3 is 0 Å². The van der Waals surface area contributed by atoms with Crippen LogP contribution in [-0.4, -0.2) is 31.1 Å². The van der Waals surface area contributed by atoms with Crippen LogP contribution in [0, 0.1) is 6.92 Å². The molecule has 31 heavy (non-hydrogen) atoms. The van der Waals surface area contributed by atoms with E-state index in [2.05, 4.69) is 27.9 Å². The number of methoxy groups -OCH3 is 1. The van der Waals surface area contributed by atoms with E-state index in [4.69, 9.17) is 14.5 Å². The minimum Gasteiger partial charge on any atom is -0.493 e. The first kappa shape index (κ1) is 22.6. The molecule has 0 bridgehead atoms. The van der Waals surface area contributed by atoms with E-state index in [1.165, 1.54) is 0 Å². The van der Waals surface area contributed by atoms with Crippen LogP contribution < -0.4 is 20.1 Å². The van der Waals surface area contributed by atoms with Gasteiger partial charge in [0.25, 0.3) is 0 Å². The molecule has 0 spiro atoms. The molecule has 0 amide bonds. The maximum atomic E-state index is 5.94. The highest BCUT2D eigenvalue weighted by atomic mass is 32.1. The number of benzene rings is 2. The normalized spacial score (nSPS) is 11.3. The van der Waals surface area contributed by atoms with Gasteiger partial charge in [0.2, 0.25) is 0 Å². The number of ether oxygens (including phenoxy) is 2. The Bertz CT molecular complexity index is 973. The van der Waals surface area contributed by atoms with Crippen LogP contribution in [0.1, 0.15) is 28.8 Å². The van der Waals surface area contributed by atoms with Crippen molar-refractivity contribution in [3.63, 3.8) is 0 Å². The number of rotatable bonds is 10. The van der Waals surface area contributed by atoms with Gasteiger partial charge < -0.3 is 20.1 Å². The predicted octanol–water partition coefficient (Wildman–Crippen LogP) is 4.34. The number of aromatic nitrogens is 1. The Morgan fingerprint density at radius 1 is 1.06 bits per heavy atom. The van der Waals surface area contributed by atoms with E-state index in [1.54, 1.807) is 18.4 Å². The topological polar surface area (TPSA) is 67.8 Å². The molecule has 0 aliphatic heterocycles. The maximum Gasteiger partial charge on any atom is 0.191 e. The zero-order valence-electron chi connectivity index (χ0n) is 18.4. The summed E-state index contributed by atoms with van der Waals surface area (Å²) in [5.41, 5.74) is 3.28. The lowest BCUT2D eigenvalue weighted by molar-refractivity contribution is 0.284. The summed E-state index contributed by atoms with van der Waals surface area (Å²) in [6.45, 7) is 6.71. The zero-order chi connectivity index (χ0) is 21.9. The van der Waals surface area contributed by atoms with Crippen molar-refractivity contribution in [1.82, 2.24) is 15.6 Å². The zero-order valence-corrected chi connectivity index (χ0v) is 19.2. The van der Waals surface area contributed by atoms with Gasteiger partial charge in [0.1, 0.15) is 6.61 Å². The van der Waals surface area contributed by atoms with Gasteiger partial charge in [-0.05, 0) is 37.1 Å². The average Bonchev–Trinajstić information content (AvgIpc) is 3.21. The van der Waals surface area contributed by atoms with Gasteiger partial charge in [-0.2, -0.15) is 0 Å². The van der Waals surface area contributed by atoms with Gasteiger partial charge in [-0.3, -0.25) is 0 Å². The van der Waals surface area contributed by atoms with Crippen LogP contribution in [0.4, 0.5) is 0 Å². The van der Waals surface area contributed by atoms with E-state index in [1.807, 2.05) is 55.5 Å². The molecule has 0 aliphatic rings. The number of nitrogens with zero attached hydrogens (tertiary/aromatic N) is 2. The van der Waals surface area contributed by atoms with E-state index in [0.717, 1.165) is 53.0 Å². The van der Waals surface area contributed by atoms with E-state index in [9.17, 15) is 0 Å². The Labute approximate surface area is 188 Å². The molecule has 0 aliphatic carbocycles. The minimum absolute atomic E-state index is 0.502. The van der Waals surface area contributed by atoms with E-state index >= 15 is 0 Å². The van der Waals surface area contributed by atoms with Crippen LogP contribution >= 0.6 is 11.3 Å². The van der Waals surface area contributed by atoms with Gasteiger partial charge in [0.05, 0.1) is 24.4 Å². The first-order valence-corrected chi connectivity index (χ1v) is 11.3. The summed E-state index contributed by atoms with van der Waals surface area (Å²) >= 11 is 1.68. The third-order valence-electron chi connectivity index (χ3n) is 4.57. The second-order valence-corrected chi connectivity index (χ2v) is 8.05. The van der Waals surface area contributed by atoms with Gasteiger partial charge in [-0.25, -0.2) is 9.98 Å². The molecular formula is C24H30N4O2S. The molecule has 0 saturated carbocycles. The quantitative estimate of drug-likeness (QED) is 0.364. The molecule has 1 aromatic heterocycles. The number of hydrogen-bond donors (Lipinski definition) is 2. The Hall–Kier alpha value is -3.06. The van der Waals surface area contributed by atoms with Gasteiger partial charge in [0, 0.05) is 24.9 Å². The van der Waals surface area contributed by atoms with Crippen LogP contribution in [0.15, 0.2) is 58.9 Å². The second kappa shape index (κ2) is 12.0. The smallest absolute Gasteiger partial charge is 0.191 e. The maximum absolute atomic E-state index is 5.94. The van der Waals surface area contributed by atoms with Crippen LogP contribution in [0.3, 0.4) is 0 Å². The Morgan fingerprint density at radius 2 is 1.90 bits per heavy atom. The monoisotopic (exact) mass is 438 g/mol. The number of aryl methyl sites for hydroxylation is 1. The van der Waals surface area contributed by atoms with Crippen molar-refractivity contribution in [1.29, 1.82) is 0 Å². The summed E-state index contributed by atoms with van der Waals surface area (Å²) < 4.78 is 11.5.